The highest BCUT2D eigenvalue weighted by Crippen LogP contribution is 2.36. The van der Waals surface area contributed by atoms with Crippen molar-refractivity contribution in [3.63, 3.8) is 0 Å². The third-order valence-electron chi connectivity index (χ3n) is 4.13. The van der Waals surface area contributed by atoms with Gasteiger partial charge in [0.2, 0.25) is 5.91 Å². The van der Waals surface area contributed by atoms with Gasteiger partial charge in [0.15, 0.2) is 0 Å². The molecule has 1 heterocycles. The molecule has 1 saturated heterocycles. The summed E-state index contributed by atoms with van der Waals surface area (Å²) >= 11 is 0. The van der Waals surface area contributed by atoms with E-state index in [0.717, 1.165) is 12.0 Å². The molecule has 0 N–H and O–H groups in total. The molecule has 3 nitrogen and oxygen atoms in total. The SMILES string of the molecule is O=C1CC[C@H]2CC(=O)N(Cc3ccccc3)[C@H]2C1. The number of hydrogen-bond donors (Lipinski definition) is 0. The monoisotopic (exact) mass is 243 g/mol. The Morgan fingerprint density at radius 3 is 2.67 bits per heavy atom. The minimum atomic E-state index is 0.152. The zero-order chi connectivity index (χ0) is 12.5. The molecule has 1 aromatic rings. The van der Waals surface area contributed by atoms with Gasteiger partial charge in [0.05, 0.1) is 0 Å². The van der Waals surface area contributed by atoms with E-state index < -0.39 is 0 Å². The predicted molar refractivity (Wildman–Crippen MR) is 67.7 cm³/mol. The lowest BCUT2D eigenvalue weighted by molar-refractivity contribution is -0.130. The van der Waals surface area contributed by atoms with Crippen LogP contribution in [0.3, 0.4) is 0 Å². The molecule has 0 bridgehead atoms. The van der Waals surface area contributed by atoms with Crippen molar-refractivity contribution in [1.29, 1.82) is 0 Å². The summed E-state index contributed by atoms with van der Waals surface area (Å²) in [5, 5.41) is 0. The number of ketones is 1. The van der Waals surface area contributed by atoms with Gasteiger partial charge < -0.3 is 4.90 Å². The molecular weight excluding hydrogens is 226 g/mol. The van der Waals surface area contributed by atoms with Crippen LogP contribution in [-0.4, -0.2) is 22.6 Å². The highest BCUT2D eigenvalue weighted by atomic mass is 16.2. The van der Waals surface area contributed by atoms with Gasteiger partial charge in [-0.2, -0.15) is 0 Å². The van der Waals surface area contributed by atoms with Gasteiger partial charge in [0, 0.05) is 31.8 Å². The summed E-state index contributed by atoms with van der Waals surface area (Å²) in [7, 11) is 0. The lowest BCUT2D eigenvalue weighted by atomic mass is 9.84. The first kappa shape index (κ1) is 11.5. The van der Waals surface area contributed by atoms with E-state index in [1.165, 1.54) is 0 Å². The van der Waals surface area contributed by atoms with E-state index in [-0.39, 0.29) is 11.9 Å². The number of Topliss-reactive ketones (excluding diaryl/α,β-unsaturated/α-hetero) is 1. The minimum absolute atomic E-state index is 0.152. The van der Waals surface area contributed by atoms with Crippen molar-refractivity contribution in [2.24, 2.45) is 5.92 Å². The van der Waals surface area contributed by atoms with Gasteiger partial charge in [-0.3, -0.25) is 9.59 Å². The third kappa shape index (κ3) is 2.05. The Hall–Kier alpha value is -1.64. The molecule has 0 spiro atoms. The molecule has 1 amide bonds. The molecule has 94 valence electrons. The van der Waals surface area contributed by atoms with Crippen molar-refractivity contribution in [2.45, 2.75) is 38.3 Å². The van der Waals surface area contributed by atoms with Crippen LogP contribution in [0.1, 0.15) is 31.2 Å². The number of amides is 1. The maximum atomic E-state index is 12.1. The van der Waals surface area contributed by atoms with Crippen LogP contribution in [0, 0.1) is 5.92 Å². The highest BCUT2D eigenvalue weighted by molar-refractivity contribution is 5.85. The molecule has 2 fully saturated rings. The summed E-state index contributed by atoms with van der Waals surface area (Å²) in [6.45, 7) is 0.647. The van der Waals surface area contributed by atoms with E-state index in [9.17, 15) is 9.59 Å². The molecule has 0 aromatic heterocycles. The summed E-state index contributed by atoms with van der Waals surface area (Å²) in [5.74, 6) is 0.923. The van der Waals surface area contributed by atoms with Gasteiger partial charge in [0.1, 0.15) is 5.78 Å². The van der Waals surface area contributed by atoms with Crippen LogP contribution in [0.15, 0.2) is 30.3 Å². The molecule has 0 radical (unpaired) electrons. The Labute approximate surface area is 107 Å². The lowest BCUT2D eigenvalue weighted by Crippen LogP contribution is -2.38. The summed E-state index contributed by atoms with van der Waals surface area (Å²) < 4.78 is 0. The van der Waals surface area contributed by atoms with Crippen LogP contribution in [0.2, 0.25) is 0 Å². The zero-order valence-electron chi connectivity index (χ0n) is 10.3. The predicted octanol–water partition coefficient (Wildman–Crippen LogP) is 2.16. The number of rotatable bonds is 2. The van der Waals surface area contributed by atoms with Crippen LogP contribution >= 0.6 is 0 Å². The summed E-state index contributed by atoms with van der Waals surface area (Å²) in [6, 6.07) is 10.2. The molecule has 3 heteroatoms. The third-order valence-corrected chi connectivity index (χ3v) is 4.13. The molecule has 0 unspecified atom stereocenters. The van der Waals surface area contributed by atoms with Crippen molar-refractivity contribution in [2.75, 3.05) is 0 Å². The van der Waals surface area contributed by atoms with Crippen molar-refractivity contribution in [1.82, 2.24) is 4.90 Å². The Morgan fingerprint density at radius 1 is 1.11 bits per heavy atom. The lowest BCUT2D eigenvalue weighted by Gasteiger charge is -2.30. The van der Waals surface area contributed by atoms with E-state index in [1.54, 1.807) is 0 Å². The summed E-state index contributed by atoms with van der Waals surface area (Å²) in [6.07, 6.45) is 2.74. The van der Waals surface area contributed by atoms with Gasteiger partial charge in [-0.25, -0.2) is 0 Å². The van der Waals surface area contributed by atoms with Gasteiger partial charge in [0.25, 0.3) is 0 Å². The van der Waals surface area contributed by atoms with Crippen LogP contribution in [0.25, 0.3) is 0 Å². The van der Waals surface area contributed by atoms with Gasteiger partial charge in [-0.1, -0.05) is 30.3 Å². The molecule has 1 aliphatic heterocycles. The highest BCUT2D eigenvalue weighted by Gasteiger charge is 2.42. The van der Waals surface area contributed by atoms with Crippen LogP contribution in [-0.2, 0) is 16.1 Å². The fraction of sp³-hybridized carbons (Fsp3) is 0.467. The largest absolute Gasteiger partial charge is 0.335 e. The van der Waals surface area contributed by atoms with E-state index in [0.29, 0.717) is 37.5 Å². The van der Waals surface area contributed by atoms with Gasteiger partial charge in [-0.15, -0.1) is 0 Å². The molecule has 2 atom stereocenters. The van der Waals surface area contributed by atoms with Gasteiger partial charge in [-0.05, 0) is 17.9 Å². The molecule has 1 aliphatic carbocycles. The second-order valence-electron chi connectivity index (χ2n) is 5.32. The second kappa shape index (κ2) is 4.56. The van der Waals surface area contributed by atoms with Crippen molar-refractivity contribution in [3.8, 4) is 0 Å². The molecule has 1 aromatic carbocycles. The number of nitrogens with zero attached hydrogens (tertiary/aromatic N) is 1. The van der Waals surface area contributed by atoms with Crippen molar-refractivity contribution in [3.05, 3.63) is 35.9 Å². The summed E-state index contributed by atoms with van der Waals surface area (Å²) in [4.78, 5) is 25.6. The molecular formula is C15H17NO2. The number of benzene rings is 1. The summed E-state index contributed by atoms with van der Waals surface area (Å²) in [5.41, 5.74) is 1.14. The first-order valence-electron chi connectivity index (χ1n) is 6.59. The first-order chi connectivity index (χ1) is 8.74. The fourth-order valence-electron chi connectivity index (χ4n) is 3.16. The zero-order valence-corrected chi connectivity index (χ0v) is 10.3. The Bertz CT molecular complexity index is 469. The number of likely N-dealkylation sites (tertiary alicyclic amines) is 1. The van der Waals surface area contributed by atoms with Crippen LogP contribution < -0.4 is 0 Å². The van der Waals surface area contributed by atoms with Gasteiger partial charge >= 0.3 is 0 Å². The molecule has 1 saturated carbocycles. The van der Waals surface area contributed by atoms with Crippen molar-refractivity contribution < 1.29 is 9.59 Å². The molecule has 18 heavy (non-hydrogen) atoms. The van der Waals surface area contributed by atoms with E-state index in [2.05, 4.69) is 0 Å². The number of hydrogen-bond acceptors (Lipinski definition) is 2. The Morgan fingerprint density at radius 2 is 1.89 bits per heavy atom. The Kier molecular flexibility index (Phi) is 2.90. The topological polar surface area (TPSA) is 37.4 Å². The van der Waals surface area contributed by atoms with E-state index in [4.69, 9.17) is 0 Å². The van der Waals surface area contributed by atoms with Crippen LogP contribution in [0.4, 0.5) is 0 Å². The van der Waals surface area contributed by atoms with E-state index in [1.807, 2.05) is 35.2 Å². The van der Waals surface area contributed by atoms with Crippen LogP contribution in [0.5, 0.6) is 0 Å². The normalized spacial score (nSPS) is 27.4. The second-order valence-corrected chi connectivity index (χ2v) is 5.32. The number of carbonyl (C=O) groups is 2. The maximum absolute atomic E-state index is 12.1. The number of fused-ring (bicyclic) bond motifs is 1. The molecule has 2 aliphatic rings. The average Bonchev–Trinajstić information content (AvgIpc) is 2.67. The smallest absolute Gasteiger partial charge is 0.223 e. The Balaban J connectivity index is 1.78. The number of carbonyl (C=O) groups excluding carboxylic acids is 2. The first-order valence-corrected chi connectivity index (χ1v) is 6.59. The van der Waals surface area contributed by atoms with E-state index >= 15 is 0 Å². The minimum Gasteiger partial charge on any atom is -0.335 e. The molecule has 3 rings (SSSR count). The standard InChI is InChI=1S/C15H17NO2/c17-13-7-6-12-8-15(18)16(14(12)9-13)10-11-4-2-1-3-5-11/h1-5,12,14H,6-10H2/t12-,14-/m0/s1. The van der Waals surface area contributed by atoms with Crippen molar-refractivity contribution >= 4 is 11.7 Å². The maximum Gasteiger partial charge on any atom is 0.223 e. The quantitative estimate of drug-likeness (QED) is 0.798. The fourth-order valence-corrected chi connectivity index (χ4v) is 3.16. The average molecular weight is 243 g/mol.